The van der Waals surface area contributed by atoms with E-state index in [1.807, 2.05) is 0 Å². The molecule has 0 heterocycles. The minimum Gasteiger partial charge on any atom is -0.0654 e. The second kappa shape index (κ2) is 8.32. The molecule has 0 N–H and O–H groups in total. The van der Waals surface area contributed by atoms with E-state index in [1.165, 1.54) is 51.4 Å². The molecule has 0 saturated carbocycles. The summed E-state index contributed by atoms with van der Waals surface area (Å²) >= 11 is 0. The van der Waals surface area contributed by atoms with E-state index < -0.39 is 0 Å². The zero-order valence-electron chi connectivity index (χ0n) is 10.6. The maximum atomic E-state index is 3.92. The first kappa shape index (κ1) is 14.0. The maximum absolute atomic E-state index is 3.92. The van der Waals surface area contributed by atoms with Crippen LogP contribution in [0.25, 0.3) is 0 Å². The van der Waals surface area contributed by atoms with Gasteiger partial charge >= 0.3 is 0 Å². The maximum Gasteiger partial charge on any atom is -0.0300 e. The van der Waals surface area contributed by atoms with E-state index in [4.69, 9.17) is 0 Å². The van der Waals surface area contributed by atoms with Crippen LogP contribution in [-0.4, -0.2) is 0 Å². The van der Waals surface area contributed by atoms with Crippen molar-refractivity contribution in [3.8, 4) is 0 Å². The van der Waals surface area contributed by atoms with Crippen molar-refractivity contribution >= 4 is 0 Å². The molecule has 0 aromatic rings. The summed E-state index contributed by atoms with van der Waals surface area (Å²) in [7, 11) is 0. The Hall–Kier alpha value is 0. The predicted octanol–water partition coefficient (Wildman–Crippen LogP) is 5.38. The standard InChI is InChI=1S/C14H29/c1-5-9-10-13-14(8-4,11-6-2)12-7-3/h1,5-13H2,2-4H3. The van der Waals surface area contributed by atoms with Gasteiger partial charge in [-0.15, -0.1) is 0 Å². The molecule has 0 amide bonds. The van der Waals surface area contributed by atoms with Crippen molar-refractivity contribution in [2.24, 2.45) is 5.41 Å². The minimum atomic E-state index is 0.665. The first-order valence-corrected chi connectivity index (χ1v) is 6.54. The van der Waals surface area contributed by atoms with E-state index in [1.54, 1.807) is 0 Å². The summed E-state index contributed by atoms with van der Waals surface area (Å²) in [6.07, 6.45) is 12.1. The van der Waals surface area contributed by atoms with Gasteiger partial charge in [-0.25, -0.2) is 0 Å². The van der Waals surface area contributed by atoms with Crippen molar-refractivity contribution in [3.63, 3.8) is 0 Å². The Morgan fingerprint density at radius 1 is 0.857 bits per heavy atom. The highest BCUT2D eigenvalue weighted by atomic mass is 14.3. The predicted molar refractivity (Wildman–Crippen MR) is 66.4 cm³/mol. The summed E-state index contributed by atoms with van der Waals surface area (Å²) in [6, 6.07) is 0. The normalized spacial score (nSPS) is 12.0. The second-order valence-corrected chi connectivity index (χ2v) is 4.66. The van der Waals surface area contributed by atoms with Crippen molar-refractivity contribution < 1.29 is 0 Å². The summed E-state index contributed by atoms with van der Waals surface area (Å²) in [6.45, 7) is 10.9. The number of unbranched alkanes of at least 4 members (excludes halogenated alkanes) is 2. The van der Waals surface area contributed by atoms with E-state index in [9.17, 15) is 0 Å². The minimum absolute atomic E-state index is 0.665. The Balaban J connectivity index is 4.03. The molecular formula is C14H29. The summed E-state index contributed by atoms with van der Waals surface area (Å²) in [4.78, 5) is 0. The molecule has 0 aliphatic carbocycles. The van der Waals surface area contributed by atoms with E-state index in [0.29, 0.717) is 5.41 Å². The molecule has 0 nitrogen and oxygen atoms in total. The molecule has 0 bridgehead atoms. The molecule has 0 unspecified atom stereocenters. The van der Waals surface area contributed by atoms with Gasteiger partial charge in [0.1, 0.15) is 0 Å². The van der Waals surface area contributed by atoms with Crippen molar-refractivity contribution in [2.75, 3.05) is 0 Å². The van der Waals surface area contributed by atoms with Crippen LogP contribution >= 0.6 is 0 Å². The van der Waals surface area contributed by atoms with Gasteiger partial charge in [-0.3, -0.25) is 0 Å². The van der Waals surface area contributed by atoms with E-state index in [2.05, 4.69) is 27.7 Å². The lowest BCUT2D eigenvalue weighted by Gasteiger charge is -2.32. The van der Waals surface area contributed by atoms with Crippen LogP contribution in [0.5, 0.6) is 0 Å². The largest absolute Gasteiger partial charge is 0.0654 e. The van der Waals surface area contributed by atoms with Gasteiger partial charge in [-0.05, 0) is 24.7 Å². The van der Waals surface area contributed by atoms with Gasteiger partial charge in [0.15, 0.2) is 0 Å². The number of hydrogen-bond donors (Lipinski definition) is 0. The zero-order valence-corrected chi connectivity index (χ0v) is 10.6. The van der Waals surface area contributed by atoms with Crippen LogP contribution in [0.2, 0.25) is 0 Å². The van der Waals surface area contributed by atoms with Crippen LogP contribution in [0.1, 0.15) is 78.6 Å². The van der Waals surface area contributed by atoms with Gasteiger partial charge in [0.2, 0.25) is 0 Å². The molecule has 0 aliphatic heterocycles. The average Bonchev–Trinajstić information content (AvgIpc) is 2.19. The molecule has 0 aromatic heterocycles. The second-order valence-electron chi connectivity index (χ2n) is 4.66. The van der Waals surface area contributed by atoms with Crippen LogP contribution in [0, 0.1) is 12.3 Å². The average molecular weight is 197 g/mol. The summed E-state index contributed by atoms with van der Waals surface area (Å²) < 4.78 is 0. The molecule has 0 fully saturated rings. The Bertz CT molecular complexity index is 109. The molecule has 0 saturated heterocycles. The van der Waals surface area contributed by atoms with Crippen LogP contribution in [-0.2, 0) is 0 Å². The lowest BCUT2D eigenvalue weighted by molar-refractivity contribution is 0.197. The van der Waals surface area contributed by atoms with Gasteiger partial charge < -0.3 is 0 Å². The monoisotopic (exact) mass is 197 g/mol. The van der Waals surface area contributed by atoms with Gasteiger partial charge in [0, 0.05) is 0 Å². The fraction of sp³-hybridized carbons (Fsp3) is 0.929. The number of rotatable bonds is 9. The summed E-state index contributed by atoms with van der Waals surface area (Å²) in [5.74, 6) is 0. The van der Waals surface area contributed by atoms with Crippen LogP contribution in [0.4, 0.5) is 0 Å². The Morgan fingerprint density at radius 3 is 1.79 bits per heavy atom. The van der Waals surface area contributed by atoms with Gasteiger partial charge in [-0.2, -0.15) is 0 Å². The Labute approximate surface area is 91.5 Å². The first-order chi connectivity index (χ1) is 6.74. The molecule has 0 atom stereocenters. The third kappa shape index (κ3) is 5.02. The lowest BCUT2D eigenvalue weighted by Crippen LogP contribution is -2.19. The molecule has 14 heavy (non-hydrogen) atoms. The Morgan fingerprint density at radius 2 is 1.43 bits per heavy atom. The molecule has 1 radical (unpaired) electrons. The van der Waals surface area contributed by atoms with Crippen molar-refractivity contribution in [1.82, 2.24) is 0 Å². The van der Waals surface area contributed by atoms with Gasteiger partial charge in [0.05, 0.1) is 0 Å². The fourth-order valence-electron chi connectivity index (χ4n) is 2.64. The molecule has 0 heteroatoms. The van der Waals surface area contributed by atoms with Crippen LogP contribution in [0.3, 0.4) is 0 Å². The van der Waals surface area contributed by atoms with Crippen molar-refractivity contribution in [1.29, 1.82) is 0 Å². The number of hydrogen-bond acceptors (Lipinski definition) is 0. The van der Waals surface area contributed by atoms with Gasteiger partial charge in [0.25, 0.3) is 0 Å². The molecular weight excluding hydrogens is 168 g/mol. The highest BCUT2D eigenvalue weighted by Crippen LogP contribution is 2.38. The molecule has 0 rings (SSSR count). The highest BCUT2D eigenvalue weighted by Gasteiger charge is 2.24. The third-order valence-corrected chi connectivity index (χ3v) is 3.52. The molecule has 0 aromatic carbocycles. The van der Waals surface area contributed by atoms with Gasteiger partial charge in [-0.1, -0.05) is 66.2 Å². The topological polar surface area (TPSA) is 0 Å². The van der Waals surface area contributed by atoms with Crippen molar-refractivity contribution in [2.45, 2.75) is 78.6 Å². The fourth-order valence-corrected chi connectivity index (χ4v) is 2.64. The lowest BCUT2D eigenvalue weighted by atomic mass is 9.73. The highest BCUT2D eigenvalue weighted by molar-refractivity contribution is 4.77. The summed E-state index contributed by atoms with van der Waals surface area (Å²) in [5, 5.41) is 0. The first-order valence-electron chi connectivity index (χ1n) is 6.54. The zero-order chi connectivity index (χ0) is 10.9. The van der Waals surface area contributed by atoms with Crippen LogP contribution in [0.15, 0.2) is 0 Å². The molecule has 85 valence electrons. The molecule has 0 spiro atoms. The smallest absolute Gasteiger partial charge is 0.0300 e. The Kier molecular flexibility index (Phi) is 8.32. The van der Waals surface area contributed by atoms with E-state index in [0.717, 1.165) is 6.42 Å². The quantitative estimate of drug-likeness (QED) is 0.435. The SMILES string of the molecule is [CH2]CCCCC(CC)(CCC)CCC. The van der Waals surface area contributed by atoms with Crippen molar-refractivity contribution in [3.05, 3.63) is 6.92 Å². The molecule has 0 aliphatic rings. The van der Waals surface area contributed by atoms with E-state index in [-0.39, 0.29) is 0 Å². The third-order valence-electron chi connectivity index (χ3n) is 3.52. The van der Waals surface area contributed by atoms with Crippen LogP contribution < -0.4 is 0 Å². The summed E-state index contributed by atoms with van der Waals surface area (Å²) in [5.41, 5.74) is 0.665. The van der Waals surface area contributed by atoms with E-state index >= 15 is 0 Å².